The van der Waals surface area contributed by atoms with Gasteiger partial charge < -0.3 is 9.72 Å². The van der Waals surface area contributed by atoms with Crippen molar-refractivity contribution in [2.75, 3.05) is 0 Å². The number of hydrazine groups is 1. The van der Waals surface area contributed by atoms with E-state index in [1.807, 2.05) is 24.3 Å². The van der Waals surface area contributed by atoms with E-state index in [9.17, 15) is 9.59 Å². The van der Waals surface area contributed by atoms with Crippen LogP contribution in [-0.2, 0) is 16.0 Å². The molecule has 0 aliphatic carbocycles. The maximum atomic E-state index is 12.1. The number of para-hydroxylation sites is 2. The van der Waals surface area contributed by atoms with E-state index in [4.69, 9.17) is 27.9 Å². The first kappa shape index (κ1) is 19.0. The van der Waals surface area contributed by atoms with Crippen LogP contribution in [0.25, 0.3) is 11.0 Å². The minimum atomic E-state index is -0.879. The molecule has 0 radical (unpaired) electrons. The van der Waals surface area contributed by atoms with Crippen LogP contribution >= 0.6 is 23.2 Å². The van der Waals surface area contributed by atoms with Crippen molar-refractivity contribution >= 4 is 46.0 Å². The molecule has 3 rings (SSSR count). The lowest BCUT2D eigenvalue weighted by atomic mass is 10.3. The summed E-state index contributed by atoms with van der Waals surface area (Å²) in [5.41, 5.74) is 6.25. The summed E-state index contributed by atoms with van der Waals surface area (Å²) in [6.07, 6.45) is -0.886. The second kappa shape index (κ2) is 8.28. The van der Waals surface area contributed by atoms with Crippen LogP contribution in [0.15, 0.2) is 42.5 Å². The van der Waals surface area contributed by atoms with Gasteiger partial charge in [-0.25, -0.2) is 4.98 Å². The highest BCUT2D eigenvalue weighted by molar-refractivity contribution is 6.35. The zero-order chi connectivity index (χ0) is 19.4. The molecule has 0 bridgehead atoms. The predicted octanol–water partition coefficient (Wildman–Crippen LogP) is 3.03. The molecule has 1 heterocycles. The number of fused-ring (bicyclic) bond motifs is 1. The molecule has 3 N–H and O–H groups in total. The molecule has 1 atom stereocenters. The Morgan fingerprint density at radius 1 is 1.19 bits per heavy atom. The molecule has 0 unspecified atom stereocenters. The number of imidazole rings is 1. The largest absolute Gasteiger partial charge is 0.479 e. The Balaban J connectivity index is 1.50. The van der Waals surface area contributed by atoms with Crippen LogP contribution in [0.5, 0.6) is 5.75 Å². The molecule has 0 spiro atoms. The number of aromatic amines is 1. The predicted molar refractivity (Wildman–Crippen MR) is 103 cm³/mol. The first-order valence-corrected chi connectivity index (χ1v) is 8.82. The molecule has 2 amide bonds. The summed E-state index contributed by atoms with van der Waals surface area (Å²) in [4.78, 5) is 31.4. The van der Waals surface area contributed by atoms with E-state index in [2.05, 4.69) is 20.8 Å². The molecule has 27 heavy (non-hydrogen) atoms. The Morgan fingerprint density at radius 3 is 2.70 bits per heavy atom. The molecule has 0 saturated heterocycles. The zero-order valence-electron chi connectivity index (χ0n) is 14.3. The number of nitrogens with one attached hydrogen (secondary N) is 3. The van der Waals surface area contributed by atoms with Gasteiger partial charge in [-0.15, -0.1) is 0 Å². The molecule has 3 aromatic rings. The highest BCUT2D eigenvalue weighted by Crippen LogP contribution is 2.28. The number of aromatic nitrogens is 2. The molecule has 0 aliphatic rings. The van der Waals surface area contributed by atoms with Crippen molar-refractivity contribution in [3.8, 4) is 5.75 Å². The normalized spacial score (nSPS) is 11.8. The van der Waals surface area contributed by atoms with E-state index in [1.54, 1.807) is 12.1 Å². The minimum Gasteiger partial charge on any atom is -0.479 e. The maximum Gasteiger partial charge on any atom is 0.279 e. The van der Waals surface area contributed by atoms with E-state index in [1.165, 1.54) is 13.0 Å². The van der Waals surface area contributed by atoms with Crippen LogP contribution < -0.4 is 15.6 Å². The minimum absolute atomic E-state index is 0.00674. The Labute approximate surface area is 165 Å². The quantitative estimate of drug-likeness (QED) is 0.567. The summed E-state index contributed by atoms with van der Waals surface area (Å²) < 4.78 is 5.48. The molecular formula is C18H16Cl2N4O3. The smallest absolute Gasteiger partial charge is 0.279 e. The van der Waals surface area contributed by atoms with E-state index in [0.717, 1.165) is 11.0 Å². The standard InChI is InChI=1S/C18H16Cl2N4O3/c1-10(27-15-7-6-11(19)8-12(15)20)18(26)24-23-17(25)9-16-21-13-4-2-3-5-14(13)22-16/h2-8,10H,9H2,1H3,(H,21,22)(H,23,25)(H,24,26)/t10-/m1/s1. The number of carbonyl (C=O) groups is 2. The lowest BCUT2D eigenvalue weighted by Crippen LogP contribution is -2.47. The fourth-order valence-electron chi connectivity index (χ4n) is 2.33. The highest BCUT2D eigenvalue weighted by Gasteiger charge is 2.17. The number of hydrogen-bond donors (Lipinski definition) is 3. The van der Waals surface area contributed by atoms with Crippen molar-refractivity contribution in [2.45, 2.75) is 19.4 Å². The molecule has 140 valence electrons. The highest BCUT2D eigenvalue weighted by atomic mass is 35.5. The van der Waals surface area contributed by atoms with Gasteiger partial charge in [0.25, 0.3) is 5.91 Å². The number of nitrogens with zero attached hydrogens (tertiary/aromatic N) is 1. The summed E-state index contributed by atoms with van der Waals surface area (Å²) in [6.45, 7) is 1.53. The van der Waals surface area contributed by atoms with Crippen molar-refractivity contribution in [2.24, 2.45) is 0 Å². The van der Waals surface area contributed by atoms with Gasteiger partial charge in [0, 0.05) is 5.02 Å². The monoisotopic (exact) mass is 406 g/mol. The maximum absolute atomic E-state index is 12.1. The molecular weight excluding hydrogens is 391 g/mol. The van der Waals surface area contributed by atoms with Gasteiger partial charge in [0.15, 0.2) is 6.10 Å². The van der Waals surface area contributed by atoms with Crippen LogP contribution in [-0.4, -0.2) is 27.9 Å². The third kappa shape index (κ3) is 4.90. The molecule has 0 fully saturated rings. The summed E-state index contributed by atoms with van der Waals surface area (Å²) in [5, 5.41) is 0.748. The Kier molecular flexibility index (Phi) is 5.83. The zero-order valence-corrected chi connectivity index (χ0v) is 15.8. The van der Waals surface area contributed by atoms with Crippen LogP contribution in [0.3, 0.4) is 0 Å². The van der Waals surface area contributed by atoms with Gasteiger partial charge in [-0.05, 0) is 37.3 Å². The van der Waals surface area contributed by atoms with Crippen LogP contribution in [0.2, 0.25) is 10.0 Å². The number of H-pyrrole nitrogens is 1. The van der Waals surface area contributed by atoms with Gasteiger partial charge in [0.1, 0.15) is 11.6 Å². The molecule has 1 aromatic heterocycles. The van der Waals surface area contributed by atoms with Gasteiger partial charge in [0.2, 0.25) is 5.91 Å². The number of benzene rings is 2. The third-order valence-electron chi connectivity index (χ3n) is 3.66. The average molecular weight is 407 g/mol. The van der Waals surface area contributed by atoms with Gasteiger partial charge in [0.05, 0.1) is 22.5 Å². The van der Waals surface area contributed by atoms with Crippen molar-refractivity contribution in [1.29, 1.82) is 0 Å². The van der Waals surface area contributed by atoms with Crippen molar-refractivity contribution in [1.82, 2.24) is 20.8 Å². The third-order valence-corrected chi connectivity index (χ3v) is 4.19. The lowest BCUT2D eigenvalue weighted by Gasteiger charge is -2.16. The first-order chi connectivity index (χ1) is 12.9. The Bertz CT molecular complexity index is 957. The van der Waals surface area contributed by atoms with Crippen molar-refractivity contribution < 1.29 is 14.3 Å². The molecule has 2 aromatic carbocycles. The van der Waals surface area contributed by atoms with Gasteiger partial charge in [-0.3, -0.25) is 20.4 Å². The fourth-order valence-corrected chi connectivity index (χ4v) is 2.79. The van der Waals surface area contributed by atoms with Gasteiger partial charge in [-0.2, -0.15) is 0 Å². The second-order valence-corrected chi connectivity index (χ2v) is 6.59. The van der Waals surface area contributed by atoms with Crippen molar-refractivity contribution in [3.63, 3.8) is 0 Å². The summed E-state index contributed by atoms with van der Waals surface area (Å²) in [5.74, 6) is -0.129. The van der Waals surface area contributed by atoms with E-state index in [-0.39, 0.29) is 11.4 Å². The van der Waals surface area contributed by atoms with E-state index in [0.29, 0.717) is 16.6 Å². The van der Waals surface area contributed by atoms with Crippen LogP contribution in [0.1, 0.15) is 12.7 Å². The Hall–Kier alpha value is -2.77. The van der Waals surface area contributed by atoms with Gasteiger partial charge in [-0.1, -0.05) is 35.3 Å². The first-order valence-electron chi connectivity index (χ1n) is 8.06. The van der Waals surface area contributed by atoms with Crippen molar-refractivity contribution in [3.05, 3.63) is 58.3 Å². The number of ether oxygens (including phenoxy) is 1. The van der Waals surface area contributed by atoms with Crippen LogP contribution in [0, 0.1) is 0 Å². The second-order valence-electron chi connectivity index (χ2n) is 5.75. The van der Waals surface area contributed by atoms with E-state index < -0.39 is 17.9 Å². The summed E-state index contributed by atoms with van der Waals surface area (Å²) in [7, 11) is 0. The number of halogens is 2. The van der Waals surface area contributed by atoms with Crippen LogP contribution in [0.4, 0.5) is 0 Å². The number of rotatable bonds is 5. The summed E-state index contributed by atoms with van der Waals surface area (Å²) >= 11 is 11.8. The number of carbonyl (C=O) groups excluding carboxylic acids is 2. The average Bonchev–Trinajstić information content (AvgIpc) is 3.04. The fraction of sp³-hybridized carbons (Fsp3) is 0.167. The van der Waals surface area contributed by atoms with E-state index >= 15 is 0 Å². The number of hydrogen-bond acceptors (Lipinski definition) is 4. The molecule has 0 aliphatic heterocycles. The lowest BCUT2D eigenvalue weighted by molar-refractivity contribution is -0.132. The topological polar surface area (TPSA) is 96.1 Å². The number of amides is 2. The SMILES string of the molecule is C[C@@H](Oc1ccc(Cl)cc1Cl)C(=O)NNC(=O)Cc1nc2ccccc2[nH]1. The molecule has 7 nitrogen and oxygen atoms in total. The van der Waals surface area contributed by atoms with Gasteiger partial charge >= 0.3 is 0 Å². The molecule has 9 heteroatoms. The molecule has 0 saturated carbocycles. The summed E-state index contributed by atoms with van der Waals surface area (Å²) in [6, 6.07) is 12.1. The Morgan fingerprint density at radius 2 is 1.96 bits per heavy atom.